The van der Waals surface area contributed by atoms with Crippen LogP contribution in [0.1, 0.15) is 56.9 Å². The van der Waals surface area contributed by atoms with E-state index in [0.29, 0.717) is 18.4 Å². The van der Waals surface area contributed by atoms with Crippen LogP contribution in [0.4, 0.5) is 0 Å². The molecule has 1 N–H and O–H groups in total. The molecule has 116 valence electrons. The number of nitrogens with zero attached hydrogens (tertiary/aromatic N) is 1. The number of hydrogen-bond acceptors (Lipinski definition) is 2. The summed E-state index contributed by atoms with van der Waals surface area (Å²) in [5.74, 6) is -0.105. The average molecular weight is 289 g/mol. The molecule has 1 saturated heterocycles. The van der Waals surface area contributed by atoms with E-state index < -0.39 is 5.97 Å². The predicted octanol–water partition coefficient (Wildman–Crippen LogP) is 3.90. The first kappa shape index (κ1) is 16.0. The summed E-state index contributed by atoms with van der Waals surface area (Å²) in [4.78, 5) is 13.3. The van der Waals surface area contributed by atoms with Crippen molar-refractivity contribution in [3.63, 3.8) is 0 Å². The van der Waals surface area contributed by atoms with Crippen molar-refractivity contribution >= 4 is 5.97 Å². The first-order chi connectivity index (χ1) is 10.2. The fourth-order valence-electron chi connectivity index (χ4n) is 3.28. The molecule has 1 aromatic rings. The van der Waals surface area contributed by atoms with E-state index >= 15 is 0 Å². The molecular formula is C18H27NO2. The third-order valence-electron chi connectivity index (χ3n) is 4.66. The van der Waals surface area contributed by atoms with Gasteiger partial charge in [0.2, 0.25) is 0 Å². The lowest BCUT2D eigenvalue weighted by molar-refractivity contribution is -0.137. The van der Waals surface area contributed by atoms with Gasteiger partial charge in [-0.2, -0.15) is 0 Å². The number of carboxylic acids is 1. The standard InChI is InChI=1S/C18H27NO2/c1-15(16-7-3-2-4-8-16)12-14-19-13-6-5-9-17(19)10-11-18(20)21/h2-4,7-8,15,17H,5-6,9-14H2,1H3,(H,20,21). The summed E-state index contributed by atoms with van der Waals surface area (Å²) in [6.07, 6.45) is 5.91. The van der Waals surface area contributed by atoms with Crippen LogP contribution in [0.15, 0.2) is 30.3 Å². The zero-order chi connectivity index (χ0) is 15.1. The van der Waals surface area contributed by atoms with E-state index in [9.17, 15) is 4.79 Å². The third kappa shape index (κ3) is 5.16. The molecule has 0 bridgehead atoms. The molecule has 1 aromatic carbocycles. The van der Waals surface area contributed by atoms with Gasteiger partial charge < -0.3 is 10.0 Å². The van der Waals surface area contributed by atoms with Crippen molar-refractivity contribution in [1.82, 2.24) is 4.90 Å². The minimum Gasteiger partial charge on any atom is -0.481 e. The molecule has 1 aliphatic heterocycles. The smallest absolute Gasteiger partial charge is 0.303 e. The molecule has 0 radical (unpaired) electrons. The van der Waals surface area contributed by atoms with Gasteiger partial charge in [-0.25, -0.2) is 0 Å². The molecule has 0 spiro atoms. The Kier molecular flexibility index (Phi) is 6.24. The fraction of sp³-hybridized carbons (Fsp3) is 0.611. The second kappa shape index (κ2) is 8.18. The summed E-state index contributed by atoms with van der Waals surface area (Å²) in [6.45, 7) is 4.50. The Labute approximate surface area is 128 Å². The zero-order valence-electron chi connectivity index (χ0n) is 13.0. The van der Waals surface area contributed by atoms with E-state index in [2.05, 4.69) is 42.2 Å². The van der Waals surface area contributed by atoms with Crippen molar-refractivity contribution in [2.75, 3.05) is 13.1 Å². The minimum atomic E-state index is -0.668. The highest BCUT2D eigenvalue weighted by Crippen LogP contribution is 2.24. The summed E-state index contributed by atoms with van der Waals surface area (Å²) < 4.78 is 0. The van der Waals surface area contributed by atoms with Crippen molar-refractivity contribution in [2.45, 2.75) is 57.4 Å². The largest absolute Gasteiger partial charge is 0.481 e. The highest BCUT2D eigenvalue weighted by molar-refractivity contribution is 5.66. The van der Waals surface area contributed by atoms with E-state index in [1.807, 2.05) is 0 Å². The maximum Gasteiger partial charge on any atom is 0.303 e. The molecular weight excluding hydrogens is 262 g/mol. The van der Waals surface area contributed by atoms with Crippen molar-refractivity contribution < 1.29 is 9.90 Å². The number of piperidine rings is 1. The van der Waals surface area contributed by atoms with Gasteiger partial charge in [0.05, 0.1) is 0 Å². The average Bonchev–Trinajstić information content (AvgIpc) is 2.52. The highest BCUT2D eigenvalue weighted by Gasteiger charge is 2.23. The first-order valence-corrected chi connectivity index (χ1v) is 8.17. The Morgan fingerprint density at radius 3 is 2.81 bits per heavy atom. The van der Waals surface area contributed by atoms with Crippen LogP contribution in [0.2, 0.25) is 0 Å². The van der Waals surface area contributed by atoms with Gasteiger partial charge in [-0.1, -0.05) is 43.7 Å². The van der Waals surface area contributed by atoms with Crippen LogP contribution in [0.5, 0.6) is 0 Å². The topological polar surface area (TPSA) is 40.5 Å². The minimum absolute atomic E-state index is 0.301. The van der Waals surface area contributed by atoms with Crippen LogP contribution in [0, 0.1) is 0 Å². The number of carbonyl (C=O) groups is 1. The van der Waals surface area contributed by atoms with Crippen LogP contribution in [-0.2, 0) is 4.79 Å². The molecule has 0 amide bonds. The Morgan fingerprint density at radius 1 is 1.33 bits per heavy atom. The van der Waals surface area contributed by atoms with Gasteiger partial charge in [0, 0.05) is 12.5 Å². The van der Waals surface area contributed by atoms with E-state index in [0.717, 1.165) is 32.4 Å². The lowest BCUT2D eigenvalue weighted by atomic mass is 9.94. The predicted molar refractivity (Wildman–Crippen MR) is 85.6 cm³/mol. The first-order valence-electron chi connectivity index (χ1n) is 8.17. The summed E-state index contributed by atoms with van der Waals surface area (Å²) in [7, 11) is 0. The third-order valence-corrected chi connectivity index (χ3v) is 4.66. The lowest BCUT2D eigenvalue weighted by Gasteiger charge is -2.36. The number of benzene rings is 1. The summed E-state index contributed by atoms with van der Waals surface area (Å²) in [6, 6.07) is 11.1. The SMILES string of the molecule is CC(CCN1CCCCC1CCC(=O)O)c1ccccc1. The molecule has 1 aliphatic rings. The summed E-state index contributed by atoms with van der Waals surface area (Å²) in [5, 5.41) is 8.88. The van der Waals surface area contributed by atoms with Crippen molar-refractivity contribution in [3.05, 3.63) is 35.9 Å². The Hall–Kier alpha value is -1.35. The van der Waals surface area contributed by atoms with E-state index in [1.54, 1.807) is 0 Å². The second-order valence-corrected chi connectivity index (χ2v) is 6.22. The molecule has 0 saturated carbocycles. The molecule has 0 aromatic heterocycles. The van der Waals surface area contributed by atoms with Crippen molar-refractivity contribution in [1.29, 1.82) is 0 Å². The van der Waals surface area contributed by atoms with Gasteiger partial charge in [-0.05, 0) is 50.3 Å². The van der Waals surface area contributed by atoms with Gasteiger partial charge in [0.25, 0.3) is 0 Å². The van der Waals surface area contributed by atoms with Crippen LogP contribution in [0.3, 0.4) is 0 Å². The number of hydrogen-bond donors (Lipinski definition) is 1. The lowest BCUT2D eigenvalue weighted by Crippen LogP contribution is -2.40. The Balaban J connectivity index is 1.83. The van der Waals surface area contributed by atoms with E-state index in [4.69, 9.17) is 5.11 Å². The van der Waals surface area contributed by atoms with Crippen molar-refractivity contribution in [3.8, 4) is 0 Å². The number of rotatable bonds is 7. The molecule has 0 aliphatic carbocycles. The normalized spacial score (nSPS) is 21.1. The highest BCUT2D eigenvalue weighted by atomic mass is 16.4. The van der Waals surface area contributed by atoms with Crippen molar-refractivity contribution in [2.24, 2.45) is 0 Å². The van der Waals surface area contributed by atoms with Gasteiger partial charge in [0.1, 0.15) is 0 Å². The van der Waals surface area contributed by atoms with Gasteiger partial charge in [0.15, 0.2) is 0 Å². The number of likely N-dealkylation sites (tertiary alicyclic amines) is 1. The molecule has 2 atom stereocenters. The van der Waals surface area contributed by atoms with Crippen LogP contribution in [-0.4, -0.2) is 35.1 Å². The molecule has 2 unspecified atom stereocenters. The molecule has 1 fully saturated rings. The number of carboxylic acid groups (broad SMARTS) is 1. The quantitative estimate of drug-likeness (QED) is 0.827. The Morgan fingerprint density at radius 2 is 2.10 bits per heavy atom. The van der Waals surface area contributed by atoms with Gasteiger partial charge >= 0.3 is 5.97 Å². The van der Waals surface area contributed by atoms with Gasteiger partial charge in [-0.3, -0.25) is 4.79 Å². The van der Waals surface area contributed by atoms with Gasteiger partial charge in [-0.15, -0.1) is 0 Å². The Bertz CT molecular complexity index is 432. The van der Waals surface area contributed by atoms with E-state index in [1.165, 1.54) is 18.4 Å². The van der Waals surface area contributed by atoms with E-state index in [-0.39, 0.29) is 0 Å². The number of aliphatic carboxylic acids is 1. The van der Waals surface area contributed by atoms with Crippen LogP contribution < -0.4 is 0 Å². The molecule has 3 nitrogen and oxygen atoms in total. The maximum absolute atomic E-state index is 10.8. The molecule has 2 rings (SSSR count). The molecule has 1 heterocycles. The van der Waals surface area contributed by atoms with Crippen LogP contribution in [0.25, 0.3) is 0 Å². The maximum atomic E-state index is 10.8. The fourth-order valence-corrected chi connectivity index (χ4v) is 3.28. The second-order valence-electron chi connectivity index (χ2n) is 6.22. The molecule has 3 heteroatoms. The molecule has 21 heavy (non-hydrogen) atoms. The summed E-state index contributed by atoms with van der Waals surface area (Å²) in [5.41, 5.74) is 1.40. The monoisotopic (exact) mass is 289 g/mol. The van der Waals surface area contributed by atoms with Crippen LogP contribution >= 0.6 is 0 Å². The summed E-state index contributed by atoms with van der Waals surface area (Å²) >= 11 is 0. The zero-order valence-corrected chi connectivity index (χ0v) is 13.0.